The molecule has 0 aliphatic carbocycles. The predicted octanol–water partition coefficient (Wildman–Crippen LogP) is 2.39. The Morgan fingerprint density at radius 1 is 1.62 bits per heavy atom. The van der Waals surface area contributed by atoms with Gasteiger partial charge in [-0.15, -0.1) is 0 Å². The van der Waals surface area contributed by atoms with E-state index in [9.17, 15) is 0 Å². The summed E-state index contributed by atoms with van der Waals surface area (Å²) in [6.45, 7) is 5.63. The van der Waals surface area contributed by atoms with Crippen molar-refractivity contribution in [2.75, 3.05) is 0 Å². The minimum Gasteiger partial charge on any atom is -0.270 e. The third-order valence-corrected chi connectivity index (χ3v) is 0.898. The van der Waals surface area contributed by atoms with E-state index in [1.165, 1.54) is 12.8 Å². The highest BCUT2D eigenvalue weighted by Gasteiger charge is 1.74. The molecule has 0 aliphatic rings. The molecule has 1 heteroatoms. The van der Waals surface area contributed by atoms with Crippen molar-refractivity contribution in [1.29, 1.82) is 0 Å². The summed E-state index contributed by atoms with van der Waals surface area (Å²) in [7, 11) is 0. The van der Waals surface area contributed by atoms with Crippen molar-refractivity contribution in [2.24, 2.45) is 4.99 Å². The molecule has 0 fully saturated rings. The van der Waals surface area contributed by atoms with Crippen LogP contribution >= 0.6 is 0 Å². The molecular formula is C7H13N. The smallest absolute Gasteiger partial charge is 0.0191 e. The topological polar surface area (TPSA) is 12.4 Å². The van der Waals surface area contributed by atoms with Gasteiger partial charge in [0.05, 0.1) is 0 Å². The second-order valence-electron chi connectivity index (χ2n) is 1.66. The lowest BCUT2D eigenvalue weighted by Crippen LogP contribution is -1.72. The lowest BCUT2D eigenvalue weighted by molar-refractivity contribution is 0.842. The Balaban J connectivity index is 2.91. The molecule has 0 rings (SSSR count). The Hall–Kier alpha value is -0.590. The van der Waals surface area contributed by atoms with Gasteiger partial charge in [0.15, 0.2) is 0 Å². The Morgan fingerprint density at radius 3 is 2.88 bits per heavy atom. The van der Waals surface area contributed by atoms with E-state index in [-0.39, 0.29) is 0 Å². The van der Waals surface area contributed by atoms with E-state index in [2.05, 4.69) is 18.5 Å². The quantitative estimate of drug-likeness (QED) is 0.390. The summed E-state index contributed by atoms with van der Waals surface area (Å²) in [5.74, 6) is 0. The van der Waals surface area contributed by atoms with Gasteiger partial charge in [0.1, 0.15) is 0 Å². The number of hydrogen-bond acceptors (Lipinski definition) is 1. The molecule has 0 aromatic carbocycles. The van der Waals surface area contributed by atoms with Gasteiger partial charge in [-0.05, 0) is 12.8 Å². The van der Waals surface area contributed by atoms with Crippen molar-refractivity contribution in [3.63, 3.8) is 0 Å². The summed E-state index contributed by atoms with van der Waals surface area (Å²) in [6.07, 6.45) is 7.02. The SMILES string of the molecule is C=CN=CCCCC. The fraction of sp³-hybridized carbons (Fsp3) is 0.571. The van der Waals surface area contributed by atoms with E-state index in [4.69, 9.17) is 0 Å². The summed E-state index contributed by atoms with van der Waals surface area (Å²) >= 11 is 0. The first kappa shape index (κ1) is 7.41. The molecule has 46 valence electrons. The van der Waals surface area contributed by atoms with Gasteiger partial charge in [0.25, 0.3) is 0 Å². The fourth-order valence-corrected chi connectivity index (χ4v) is 0.444. The van der Waals surface area contributed by atoms with Crippen LogP contribution in [0.2, 0.25) is 0 Å². The van der Waals surface area contributed by atoms with E-state index >= 15 is 0 Å². The summed E-state index contributed by atoms with van der Waals surface area (Å²) < 4.78 is 0. The largest absolute Gasteiger partial charge is 0.270 e. The number of aliphatic imine (C=N–C) groups is 1. The monoisotopic (exact) mass is 111 g/mol. The molecule has 1 nitrogen and oxygen atoms in total. The van der Waals surface area contributed by atoms with Crippen molar-refractivity contribution >= 4 is 6.21 Å². The Morgan fingerprint density at radius 2 is 2.38 bits per heavy atom. The van der Waals surface area contributed by atoms with Gasteiger partial charge in [-0.3, -0.25) is 4.99 Å². The van der Waals surface area contributed by atoms with Gasteiger partial charge in [0, 0.05) is 12.4 Å². The molecule has 0 aromatic rings. The zero-order chi connectivity index (χ0) is 6.24. The van der Waals surface area contributed by atoms with Crippen LogP contribution in [0.25, 0.3) is 0 Å². The standard InChI is InChI=1S/C7H13N/c1-3-5-6-7-8-4-2/h4,7H,2-3,5-6H2,1H3. The third-order valence-electron chi connectivity index (χ3n) is 0.898. The minimum absolute atomic E-state index is 1.09. The van der Waals surface area contributed by atoms with Gasteiger partial charge in [-0.1, -0.05) is 19.9 Å². The van der Waals surface area contributed by atoms with Crippen LogP contribution < -0.4 is 0 Å². The van der Waals surface area contributed by atoms with Crippen LogP contribution in [0.1, 0.15) is 26.2 Å². The highest BCUT2D eigenvalue weighted by molar-refractivity contribution is 5.57. The van der Waals surface area contributed by atoms with Crippen LogP contribution in [0.15, 0.2) is 17.8 Å². The Bertz CT molecular complexity index is 74.5. The lowest BCUT2D eigenvalue weighted by Gasteiger charge is -1.83. The highest BCUT2D eigenvalue weighted by Crippen LogP contribution is 1.89. The molecule has 8 heavy (non-hydrogen) atoms. The van der Waals surface area contributed by atoms with Crippen LogP contribution in [0, 0.1) is 0 Å². The molecule has 0 N–H and O–H groups in total. The van der Waals surface area contributed by atoms with Gasteiger partial charge in [-0.25, -0.2) is 0 Å². The molecule has 0 heterocycles. The molecule has 0 spiro atoms. The first-order chi connectivity index (χ1) is 3.91. The van der Waals surface area contributed by atoms with Crippen molar-refractivity contribution in [3.8, 4) is 0 Å². The zero-order valence-electron chi connectivity index (χ0n) is 5.43. The van der Waals surface area contributed by atoms with Crippen LogP contribution in [0.4, 0.5) is 0 Å². The Kier molecular flexibility index (Phi) is 5.94. The number of hydrogen-bond donors (Lipinski definition) is 0. The van der Waals surface area contributed by atoms with Crippen molar-refractivity contribution in [2.45, 2.75) is 26.2 Å². The molecule has 0 aromatic heterocycles. The Labute approximate surface area is 51.1 Å². The first-order valence-electron chi connectivity index (χ1n) is 3.04. The first-order valence-corrected chi connectivity index (χ1v) is 3.04. The number of rotatable bonds is 4. The van der Waals surface area contributed by atoms with Crippen molar-refractivity contribution in [3.05, 3.63) is 12.8 Å². The molecule has 0 amide bonds. The van der Waals surface area contributed by atoms with Crippen LogP contribution in [0.5, 0.6) is 0 Å². The average molecular weight is 111 g/mol. The second kappa shape index (κ2) is 6.41. The maximum Gasteiger partial charge on any atom is 0.0191 e. The second-order valence-corrected chi connectivity index (χ2v) is 1.66. The van der Waals surface area contributed by atoms with Gasteiger partial charge < -0.3 is 0 Å². The van der Waals surface area contributed by atoms with Gasteiger partial charge in [-0.2, -0.15) is 0 Å². The molecule has 0 radical (unpaired) electrons. The van der Waals surface area contributed by atoms with Crippen LogP contribution in [-0.2, 0) is 0 Å². The highest BCUT2D eigenvalue weighted by atomic mass is 14.6. The molecule has 0 aliphatic heterocycles. The summed E-state index contributed by atoms with van der Waals surface area (Å²) in [5.41, 5.74) is 0. The summed E-state index contributed by atoms with van der Waals surface area (Å²) in [6, 6.07) is 0. The van der Waals surface area contributed by atoms with Crippen molar-refractivity contribution in [1.82, 2.24) is 0 Å². The lowest BCUT2D eigenvalue weighted by atomic mass is 10.3. The molecule has 0 saturated carbocycles. The van der Waals surface area contributed by atoms with E-state index in [0.717, 1.165) is 6.42 Å². The maximum atomic E-state index is 3.85. The van der Waals surface area contributed by atoms with E-state index in [0.29, 0.717) is 0 Å². The molecule has 0 unspecified atom stereocenters. The summed E-state index contributed by atoms with van der Waals surface area (Å²) in [4.78, 5) is 3.85. The normalized spacial score (nSPS) is 10.1. The minimum atomic E-state index is 1.09. The van der Waals surface area contributed by atoms with Crippen LogP contribution in [0.3, 0.4) is 0 Å². The molecule has 0 bridgehead atoms. The average Bonchev–Trinajstić information content (AvgIpc) is 1.81. The third kappa shape index (κ3) is 5.41. The summed E-state index contributed by atoms with van der Waals surface area (Å²) in [5, 5.41) is 0. The van der Waals surface area contributed by atoms with E-state index in [1.54, 1.807) is 6.20 Å². The zero-order valence-corrected chi connectivity index (χ0v) is 5.43. The maximum absolute atomic E-state index is 3.85. The van der Waals surface area contributed by atoms with E-state index < -0.39 is 0 Å². The number of unbranched alkanes of at least 4 members (excludes halogenated alkanes) is 2. The molecule has 0 saturated heterocycles. The number of nitrogens with zero attached hydrogens (tertiary/aromatic N) is 1. The fourth-order valence-electron chi connectivity index (χ4n) is 0.444. The van der Waals surface area contributed by atoms with Crippen LogP contribution in [-0.4, -0.2) is 6.21 Å². The molecule has 0 atom stereocenters. The van der Waals surface area contributed by atoms with Gasteiger partial charge >= 0.3 is 0 Å². The van der Waals surface area contributed by atoms with Crippen molar-refractivity contribution < 1.29 is 0 Å². The van der Waals surface area contributed by atoms with Gasteiger partial charge in [0.2, 0.25) is 0 Å². The molecular weight excluding hydrogens is 98.1 g/mol. The van der Waals surface area contributed by atoms with E-state index in [1.807, 2.05) is 6.21 Å². The predicted molar refractivity (Wildman–Crippen MR) is 38.2 cm³/mol.